The van der Waals surface area contributed by atoms with E-state index in [0.29, 0.717) is 0 Å². The van der Waals surface area contributed by atoms with Crippen LogP contribution in [0.25, 0.3) is 0 Å². The van der Waals surface area contributed by atoms with Gasteiger partial charge in [0, 0.05) is 14.1 Å². The number of hydrogen-bond acceptors (Lipinski definition) is 2. The number of nitrogens with zero attached hydrogens (tertiary/aromatic N) is 2. The molecule has 0 aliphatic rings. The lowest BCUT2D eigenvalue weighted by Crippen LogP contribution is -1.38. The van der Waals surface area contributed by atoms with Gasteiger partial charge in [0.25, 0.3) is 0 Å². The van der Waals surface area contributed by atoms with Crippen molar-refractivity contribution in [2.24, 2.45) is 10.2 Å². The zero-order valence-electron chi connectivity index (χ0n) is 3.39. The van der Waals surface area contributed by atoms with Crippen molar-refractivity contribution in [1.29, 1.82) is 0 Å². The molecule has 32 valence electrons. The molecule has 0 aromatic rings. The van der Waals surface area contributed by atoms with E-state index in [4.69, 9.17) is 0 Å². The van der Waals surface area contributed by atoms with Crippen LogP contribution in [0.2, 0.25) is 0 Å². The van der Waals surface area contributed by atoms with Crippen LogP contribution >= 0.6 is 0 Å². The highest BCUT2D eigenvalue weighted by Crippen LogP contribution is 1.48. The van der Waals surface area contributed by atoms with Crippen molar-refractivity contribution < 1.29 is 5.48 Å². The van der Waals surface area contributed by atoms with Gasteiger partial charge in [0.1, 0.15) is 0 Å². The number of rotatable bonds is 0. The van der Waals surface area contributed by atoms with Crippen molar-refractivity contribution in [3.8, 4) is 0 Å². The monoisotopic (exact) mass is 76.1 g/mol. The summed E-state index contributed by atoms with van der Waals surface area (Å²) < 4.78 is 0. The van der Waals surface area contributed by atoms with Crippen molar-refractivity contribution in [2.75, 3.05) is 14.1 Å². The lowest BCUT2D eigenvalue weighted by Gasteiger charge is -1.54. The van der Waals surface area contributed by atoms with E-state index >= 15 is 0 Å². The summed E-state index contributed by atoms with van der Waals surface area (Å²) in [6, 6.07) is 0. The summed E-state index contributed by atoms with van der Waals surface area (Å²) in [5, 5.41) is 6.72. The molecule has 0 saturated carbocycles. The van der Waals surface area contributed by atoms with Crippen LogP contribution in [0.4, 0.5) is 0 Å². The van der Waals surface area contributed by atoms with Crippen molar-refractivity contribution >= 4 is 0 Å². The van der Waals surface area contributed by atoms with Crippen LogP contribution in [0.15, 0.2) is 10.2 Å². The molecule has 0 saturated heterocycles. The molecule has 0 aliphatic carbocycles. The summed E-state index contributed by atoms with van der Waals surface area (Å²) in [6.45, 7) is 0. The molecule has 0 aromatic heterocycles. The van der Waals surface area contributed by atoms with E-state index in [9.17, 15) is 0 Å². The van der Waals surface area contributed by atoms with Crippen LogP contribution in [0.1, 0.15) is 0 Å². The van der Waals surface area contributed by atoms with Gasteiger partial charge in [-0.05, 0) is 0 Å². The lowest BCUT2D eigenvalue weighted by molar-refractivity contribution is 0.824. The molecule has 0 atom stereocenters. The minimum atomic E-state index is 0. The third-order valence-corrected chi connectivity index (χ3v) is 0.200. The van der Waals surface area contributed by atoms with Crippen LogP contribution in [0.3, 0.4) is 0 Å². The first-order valence-electron chi connectivity index (χ1n) is 1.09. The molecular weight excluding hydrogens is 68.0 g/mol. The van der Waals surface area contributed by atoms with E-state index < -0.39 is 0 Å². The predicted molar refractivity (Wildman–Crippen MR) is 20.3 cm³/mol. The maximum absolute atomic E-state index is 3.36. The fourth-order valence-corrected chi connectivity index (χ4v) is 0. The lowest BCUT2D eigenvalue weighted by atomic mass is 11.5. The topological polar surface area (TPSA) is 56.2 Å². The zero-order valence-corrected chi connectivity index (χ0v) is 3.39. The molecule has 0 bridgehead atoms. The summed E-state index contributed by atoms with van der Waals surface area (Å²) >= 11 is 0. The van der Waals surface area contributed by atoms with Gasteiger partial charge in [-0.3, -0.25) is 0 Å². The Bertz CT molecular complexity index is 22.8. The van der Waals surface area contributed by atoms with Crippen LogP contribution < -0.4 is 0 Å². The molecule has 0 rings (SSSR count). The van der Waals surface area contributed by atoms with Crippen LogP contribution in [0.5, 0.6) is 0 Å². The van der Waals surface area contributed by atoms with E-state index in [2.05, 4.69) is 10.2 Å². The Morgan fingerprint density at radius 3 is 1.20 bits per heavy atom. The highest BCUT2D eigenvalue weighted by atomic mass is 16.0. The van der Waals surface area contributed by atoms with Gasteiger partial charge in [-0.25, -0.2) is 0 Å². The molecule has 2 N–H and O–H groups in total. The Morgan fingerprint density at radius 1 is 1.00 bits per heavy atom. The van der Waals surface area contributed by atoms with Crippen LogP contribution in [0, 0.1) is 0 Å². The normalized spacial score (nSPS) is 7.60. The third-order valence-electron chi connectivity index (χ3n) is 0.200. The maximum Gasteiger partial charge on any atom is 0.0487 e. The molecular formula is C2H8N2O. The molecule has 0 spiro atoms. The number of hydrogen-bond donors (Lipinski definition) is 0. The minimum Gasteiger partial charge on any atom is -0.412 e. The van der Waals surface area contributed by atoms with Gasteiger partial charge < -0.3 is 5.48 Å². The molecule has 3 nitrogen and oxygen atoms in total. The van der Waals surface area contributed by atoms with E-state index in [1.54, 1.807) is 14.1 Å². The Kier molecular flexibility index (Phi) is 16.9. The average molecular weight is 76.1 g/mol. The highest BCUT2D eigenvalue weighted by Gasteiger charge is 1.31. The van der Waals surface area contributed by atoms with Crippen LogP contribution in [-0.4, -0.2) is 19.6 Å². The molecule has 0 radical (unpaired) electrons. The molecule has 0 aliphatic heterocycles. The fraction of sp³-hybridized carbons (Fsp3) is 1.00. The van der Waals surface area contributed by atoms with Crippen molar-refractivity contribution in [1.82, 2.24) is 0 Å². The molecule has 0 heterocycles. The standard InChI is InChI=1S/C2H6N2.H2O/c1-3-4-2;/h1-2H3;1H2. The molecule has 0 aromatic carbocycles. The Morgan fingerprint density at radius 2 is 1.20 bits per heavy atom. The second-order valence-electron chi connectivity index (χ2n) is 0.400. The van der Waals surface area contributed by atoms with Gasteiger partial charge in [-0.15, -0.1) is 0 Å². The van der Waals surface area contributed by atoms with E-state index in [0.717, 1.165) is 0 Å². The smallest absolute Gasteiger partial charge is 0.0487 e. The van der Waals surface area contributed by atoms with Gasteiger partial charge in [0.05, 0.1) is 0 Å². The molecule has 0 unspecified atom stereocenters. The van der Waals surface area contributed by atoms with Gasteiger partial charge in [0.2, 0.25) is 0 Å². The SMILES string of the molecule is CN=NC.O. The maximum atomic E-state index is 3.36. The first-order chi connectivity index (χ1) is 1.91. The second kappa shape index (κ2) is 9.59. The van der Waals surface area contributed by atoms with E-state index in [1.165, 1.54) is 0 Å². The van der Waals surface area contributed by atoms with Crippen molar-refractivity contribution in [3.63, 3.8) is 0 Å². The Balaban J connectivity index is 0. The minimum absolute atomic E-state index is 0. The van der Waals surface area contributed by atoms with Gasteiger partial charge >= 0.3 is 0 Å². The van der Waals surface area contributed by atoms with E-state index in [1.807, 2.05) is 0 Å². The van der Waals surface area contributed by atoms with Crippen molar-refractivity contribution in [3.05, 3.63) is 0 Å². The quantitative estimate of drug-likeness (QED) is 0.361. The highest BCUT2D eigenvalue weighted by molar-refractivity contribution is 3.96. The summed E-state index contributed by atoms with van der Waals surface area (Å²) in [4.78, 5) is 0. The predicted octanol–water partition coefficient (Wildman–Crippen LogP) is -0.126. The third kappa shape index (κ3) is 27.6. The average Bonchev–Trinajstić information content (AvgIpc) is 1.37. The molecule has 5 heavy (non-hydrogen) atoms. The van der Waals surface area contributed by atoms with Gasteiger partial charge in [-0.1, -0.05) is 0 Å². The summed E-state index contributed by atoms with van der Waals surface area (Å²) in [7, 11) is 3.28. The van der Waals surface area contributed by atoms with Crippen molar-refractivity contribution in [2.45, 2.75) is 0 Å². The first kappa shape index (κ1) is 8.82. The largest absolute Gasteiger partial charge is 0.412 e. The molecule has 0 amide bonds. The second-order valence-corrected chi connectivity index (χ2v) is 0.400. The molecule has 0 fully saturated rings. The summed E-state index contributed by atoms with van der Waals surface area (Å²) in [5.41, 5.74) is 0. The van der Waals surface area contributed by atoms with Gasteiger partial charge in [0.15, 0.2) is 0 Å². The van der Waals surface area contributed by atoms with E-state index in [-0.39, 0.29) is 5.48 Å². The Labute approximate surface area is 31.0 Å². The zero-order chi connectivity index (χ0) is 3.41. The summed E-state index contributed by atoms with van der Waals surface area (Å²) in [6.07, 6.45) is 0. The van der Waals surface area contributed by atoms with Gasteiger partial charge in [-0.2, -0.15) is 10.2 Å². The summed E-state index contributed by atoms with van der Waals surface area (Å²) in [5.74, 6) is 0. The number of azo groups is 1. The Hall–Kier alpha value is -0.440. The molecule has 3 heteroatoms. The fourth-order valence-electron chi connectivity index (χ4n) is 0. The first-order valence-corrected chi connectivity index (χ1v) is 1.09. The van der Waals surface area contributed by atoms with Crippen LogP contribution in [-0.2, 0) is 0 Å².